The lowest BCUT2D eigenvalue weighted by Gasteiger charge is -2.16. The standard InChI is InChI=1S/C11H13NO2/c1-8-7-12(14-9(2)13)11-6-4-3-5-10(8)11/h3-6,8H,7H2,1-2H3. The van der Waals surface area contributed by atoms with Crippen LogP contribution in [0.2, 0.25) is 0 Å². The number of carbonyl (C=O) groups excluding carboxylic acids is 1. The first-order valence-corrected chi connectivity index (χ1v) is 4.73. The molecular formula is C11H13NO2. The number of hydroxylamine groups is 1. The molecule has 0 N–H and O–H groups in total. The van der Waals surface area contributed by atoms with Crippen LogP contribution in [-0.2, 0) is 9.63 Å². The molecule has 3 heteroatoms. The molecule has 3 nitrogen and oxygen atoms in total. The van der Waals surface area contributed by atoms with Gasteiger partial charge in [0.1, 0.15) is 0 Å². The number of fused-ring (bicyclic) bond motifs is 1. The second kappa shape index (κ2) is 3.33. The van der Waals surface area contributed by atoms with E-state index in [1.165, 1.54) is 12.5 Å². The SMILES string of the molecule is CC(=O)ON1CC(C)c2ccccc21. The third-order valence-corrected chi connectivity index (χ3v) is 2.41. The summed E-state index contributed by atoms with van der Waals surface area (Å²) in [6.45, 7) is 4.30. The molecule has 14 heavy (non-hydrogen) atoms. The fourth-order valence-electron chi connectivity index (χ4n) is 1.82. The molecule has 0 saturated carbocycles. The lowest BCUT2D eigenvalue weighted by atomic mass is 10.0. The van der Waals surface area contributed by atoms with Gasteiger partial charge in [-0.05, 0) is 11.6 Å². The number of hydrogen-bond donors (Lipinski definition) is 0. The number of rotatable bonds is 1. The van der Waals surface area contributed by atoms with Crippen molar-refractivity contribution in [2.24, 2.45) is 0 Å². The van der Waals surface area contributed by atoms with Crippen LogP contribution in [0.15, 0.2) is 24.3 Å². The molecule has 1 aromatic carbocycles. The molecule has 1 aromatic rings. The summed E-state index contributed by atoms with van der Waals surface area (Å²) in [5, 5.41) is 1.67. The van der Waals surface area contributed by atoms with E-state index in [-0.39, 0.29) is 5.97 Å². The van der Waals surface area contributed by atoms with E-state index in [2.05, 4.69) is 13.0 Å². The molecule has 0 saturated heterocycles. The Morgan fingerprint density at radius 2 is 2.21 bits per heavy atom. The number of carbonyl (C=O) groups is 1. The van der Waals surface area contributed by atoms with Gasteiger partial charge in [-0.15, -0.1) is 0 Å². The zero-order valence-electron chi connectivity index (χ0n) is 8.36. The summed E-state index contributed by atoms with van der Waals surface area (Å²) in [7, 11) is 0. The largest absolute Gasteiger partial charge is 0.341 e. The Morgan fingerprint density at radius 1 is 1.50 bits per heavy atom. The minimum atomic E-state index is -0.270. The summed E-state index contributed by atoms with van der Waals surface area (Å²) in [5.74, 6) is 0.152. The van der Waals surface area contributed by atoms with Crippen molar-refractivity contribution in [3.05, 3.63) is 29.8 Å². The maximum atomic E-state index is 10.9. The highest BCUT2D eigenvalue weighted by Gasteiger charge is 2.26. The average Bonchev–Trinajstić information content (AvgIpc) is 2.44. The zero-order chi connectivity index (χ0) is 10.1. The molecular weight excluding hydrogens is 178 g/mol. The summed E-state index contributed by atoms with van der Waals surface area (Å²) in [4.78, 5) is 16.0. The molecule has 0 radical (unpaired) electrons. The third kappa shape index (κ3) is 1.45. The molecule has 0 spiro atoms. The van der Waals surface area contributed by atoms with Crippen molar-refractivity contribution in [2.75, 3.05) is 11.6 Å². The summed E-state index contributed by atoms with van der Waals surface area (Å²) in [5.41, 5.74) is 2.25. The predicted octanol–water partition coefficient (Wildman–Crippen LogP) is 2.09. The van der Waals surface area contributed by atoms with Crippen molar-refractivity contribution in [1.29, 1.82) is 0 Å². The molecule has 1 aliphatic heterocycles. The second-order valence-corrected chi connectivity index (χ2v) is 3.60. The first-order chi connectivity index (χ1) is 6.68. The smallest absolute Gasteiger partial charge is 0.329 e. The highest BCUT2D eigenvalue weighted by Crippen LogP contribution is 2.35. The van der Waals surface area contributed by atoms with Crippen molar-refractivity contribution in [3.63, 3.8) is 0 Å². The molecule has 2 rings (SSSR count). The van der Waals surface area contributed by atoms with Crippen molar-refractivity contribution in [3.8, 4) is 0 Å². The monoisotopic (exact) mass is 191 g/mol. The van der Waals surface area contributed by atoms with E-state index < -0.39 is 0 Å². The van der Waals surface area contributed by atoms with E-state index in [0.29, 0.717) is 5.92 Å². The fourth-order valence-corrected chi connectivity index (χ4v) is 1.82. The van der Waals surface area contributed by atoms with Crippen LogP contribution in [0.4, 0.5) is 5.69 Å². The lowest BCUT2D eigenvalue weighted by molar-refractivity contribution is -0.142. The van der Waals surface area contributed by atoms with E-state index in [1.54, 1.807) is 5.06 Å². The van der Waals surface area contributed by atoms with Crippen LogP contribution >= 0.6 is 0 Å². The molecule has 1 unspecified atom stereocenters. The number of para-hydroxylation sites is 1. The maximum Gasteiger partial charge on any atom is 0.329 e. The van der Waals surface area contributed by atoms with Crippen LogP contribution in [0.1, 0.15) is 25.3 Å². The van der Waals surface area contributed by atoms with Crippen LogP contribution < -0.4 is 5.06 Å². The van der Waals surface area contributed by atoms with E-state index in [1.807, 2.05) is 18.2 Å². The van der Waals surface area contributed by atoms with Crippen LogP contribution in [0.5, 0.6) is 0 Å². The van der Waals surface area contributed by atoms with Gasteiger partial charge in [0, 0.05) is 12.8 Å². The average molecular weight is 191 g/mol. The first kappa shape index (κ1) is 9.06. The van der Waals surface area contributed by atoms with Gasteiger partial charge in [-0.2, -0.15) is 0 Å². The minimum absolute atomic E-state index is 0.270. The van der Waals surface area contributed by atoms with Crippen molar-refractivity contribution >= 4 is 11.7 Å². The quantitative estimate of drug-likeness (QED) is 0.680. The number of nitrogens with zero attached hydrogens (tertiary/aromatic N) is 1. The molecule has 0 fully saturated rings. The molecule has 1 aliphatic rings. The summed E-state index contributed by atoms with van der Waals surface area (Å²) < 4.78 is 0. The Kier molecular flexibility index (Phi) is 2.15. The molecule has 0 aromatic heterocycles. The van der Waals surface area contributed by atoms with Gasteiger partial charge in [-0.25, -0.2) is 5.06 Å². The van der Waals surface area contributed by atoms with E-state index in [4.69, 9.17) is 4.84 Å². The maximum absolute atomic E-state index is 10.9. The first-order valence-electron chi connectivity index (χ1n) is 4.73. The van der Waals surface area contributed by atoms with Crippen LogP contribution in [0.3, 0.4) is 0 Å². The van der Waals surface area contributed by atoms with Crippen LogP contribution in [0, 0.1) is 0 Å². The topological polar surface area (TPSA) is 29.5 Å². The van der Waals surface area contributed by atoms with Gasteiger partial charge in [0.25, 0.3) is 0 Å². The number of hydrogen-bond acceptors (Lipinski definition) is 3. The van der Waals surface area contributed by atoms with Crippen LogP contribution in [0.25, 0.3) is 0 Å². The summed E-state index contributed by atoms with van der Waals surface area (Å²) in [6.07, 6.45) is 0. The van der Waals surface area contributed by atoms with E-state index in [9.17, 15) is 4.79 Å². The minimum Gasteiger partial charge on any atom is -0.341 e. The Bertz CT molecular complexity index is 362. The molecule has 0 aliphatic carbocycles. The lowest BCUT2D eigenvalue weighted by Crippen LogP contribution is -2.24. The van der Waals surface area contributed by atoms with Gasteiger partial charge in [0.05, 0.1) is 12.2 Å². The normalized spacial score (nSPS) is 19.3. The van der Waals surface area contributed by atoms with E-state index >= 15 is 0 Å². The van der Waals surface area contributed by atoms with Crippen molar-refractivity contribution in [2.45, 2.75) is 19.8 Å². The van der Waals surface area contributed by atoms with Crippen LogP contribution in [-0.4, -0.2) is 12.5 Å². The Morgan fingerprint density at radius 3 is 2.93 bits per heavy atom. The Labute approximate surface area is 83.2 Å². The Hall–Kier alpha value is -1.51. The molecule has 0 bridgehead atoms. The van der Waals surface area contributed by atoms with Gasteiger partial charge >= 0.3 is 5.97 Å². The number of anilines is 1. The molecule has 74 valence electrons. The van der Waals surface area contributed by atoms with Crippen molar-refractivity contribution < 1.29 is 9.63 Å². The van der Waals surface area contributed by atoms with Gasteiger partial charge in [0.2, 0.25) is 0 Å². The third-order valence-electron chi connectivity index (χ3n) is 2.41. The predicted molar refractivity (Wildman–Crippen MR) is 54.0 cm³/mol. The summed E-state index contributed by atoms with van der Waals surface area (Å²) >= 11 is 0. The summed E-state index contributed by atoms with van der Waals surface area (Å²) in [6, 6.07) is 8.01. The van der Waals surface area contributed by atoms with Gasteiger partial charge in [-0.3, -0.25) is 4.79 Å². The van der Waals surface area contributed by atoms with Gasteiger partial charge in [-0.1, -0.05) is 25.1 Å². The zero-order valence-corrected chi connectivity index (χ0v) is 8.36. The molecule has 0 amide bonds. The molecule has 1 atom stereocenters. The number of benzene rings is 1. The van der Waals surface area contributed by atoms with E-state index in [0.717, 1.165) is 12.2 Å². The highest BCUT2D eigenvalue weighted by atomic mass is 16.7. The van der Waals surface area contributed by atoms with Gasteiger partial charge in [0.15, 0.2) is 0 Å². The fraction of sp³-hybridized carbons (Fsp3) is 0.364. The van der Waals surface area contributed by atoms with Gasteiger partial charge < -0.3 is 4.84 Å². The second-order valence-electron chi connectivity index (χ2n) is 3.60. The Balaban J connectivity index is 2.29. The highest BCUT2D eigenvalue weighted by molar-refractivity contribution is 5.69. The van der Waals surface area contributed by atoms with Crippen molar-refractivity contribution in [1.82, 2.24) is 0 Å². The molecule has 1 heterocycles.